The molecule has 0 aromatic heterocycles. The van der Waals surface area contributed by atoms with Crippen LogP contribution in [0.25, 0.3) is 0 Å². The van der Waals surface area contributed by atoms with E-state index in [0.717, 1.165) is 24.3 Å². The maximum absolute atomic E-state index is 11.5. The number of Topliss-reactive ketones (excluding diaryl/α,β-unsaturated/α-hetero) is 1. The quantitative estimate of drug-likeness (QED) is 0.810. The van der Waals surface area contributed by atoms with Gasteiger partial charge in [-0.05, 0) is 37.1 Å². The van der Waals surface area contributed by atoms with E-state index >= 15 is 0 Å². The van der Waals surface area contributed by atoms with Gasteiger partial charge in [0.15, 0.2) is 5.78 Å². The average molecular weight is 232 g/mol. The van der Waals surface area contributed by atoms with E-state index in [1.165, 1.54) is 19.3 Å². The molecule has 0 saturated carbocycles. The molecule has 0 unspecified atom stereocenters. The van der Waals surface area contributed by atoms with E-state index in [4.69, 9.17) is 0 Å². The standard InChI is InChI=1S/C14H20N2O/c1-2-14(17)12-6-8-13(9-7-12)15-16-10-4-3-5-11-16/h6-9,15H,2-5,10-11H2,1H3. The van der Waals surface area contributed by atoms with Crippen molar-refractivity contribution in [3.8, 4) is 0 Å². The Morgan fingerprint density at radius 2 is 1.82 bits per heavy atom. The second kappa shape index (κ2) is 5.82. The number of anilines is 1. The number of piperidine rings is 1. The van der Waals surface area contributed by atoms with Gasteiger partial charge in [0.25, 0.3) is 0 Å². The Hall–Kier alpha value is -1.35. The summed E-state index contributed by atoms with van der Waals surface area (Å²) in [6.45, 7) is 4.10. The van der Waals surface area contributed by atoms with Gasteiger partial charge in [-0.3, -0.25) is 4.79 Å². The molecule has 1 aromatic carbocycles. The number of ketones is 1. The molecule has 0 spiro atoms. The van der Waals surface area contributed by atoms with E-state index in [1.54, 1.807) is 0 Å². The molecule has 0 bridgehead atoms. The van der Waals surface area contributed by atoms with Crippen molar-refractivity contribution in [2.45, 2.75) is 32.6 Å². The van der Waals surface area contributed by atoms with Crippen LogP contribution in [-0.4, -0.2) is 23.9 Å². The number of hydrogen-bond donors (Lipinski definition) is 1. The molecule has 0 radical (unpaired) electrons. The van der Waals surface area contributed by atoms with Crippen molar-refractivity contribution in [3.63, 3.8) is 0 Å². The van der Waals surface area contributed by atoms with Gasteiger partial charge in [-0.15, -0.1) is 0 Å². The summed E-state index contributed by atoms with van der Waals surface area (Å²) in [5, 5.41) is 2.25. The Morgan fingerprint density at radius 1 is 1.18 bits per heavy atom. The van der Waals surface area contributed by atoms with Crippen molar-refractivity contribution in [2.24, 2.45) is 0 Å². The highest BCUT2D eigenvalue weighted by Gasteiger charge is 2.09. The molecule has 1 aliphatic heterocycles. The molecule has 1 heterocycles. The lowest BCUT2D eigenvalue weighted by molar-refractivity contribution is 0.0988. The first kappa shape index (κ1) is 12.1. The second-order valence-corrected chi connectivity index (χ2v) is 4.51. The molecule has 0 atom stereocenters. The van der Waals surface area contributed by atoms with Gasteiger partial charge in [-0.25, -0.2) is 5.01 Å². The van der Waals surface area contributed by atoms with Crippen LogP contribution >= 0.6 is 0 Å². The molecule has 92 valence electrons. The van der Waals surface area contributed by atoms with Gasteiger partial charge >= 0.3 is 0 Å². The summed E-state index contributed by atoms with van der Waals surface area (Å²) in [5.74, 6) is 0.203. The third-order valence-electron chi connectivity index (χ3n) is 3.17. The molecule has 3 heteroatoms. The molecule has 3 nitrogen and oxygen atoms in total. The summed E-state index contributed by atoms with van der Waals surface area (Å²) in [6, 6.07) is 7.77. The van der Waals surface area contributed by atoms with E-state index in [2.05, 4.69) is 10.4 Å². The van der Waals surface area contributed by atoms with Crippen LogP contribution in [0.2, 0.25) is 0 Å². The van der Waals surface area contributed by atoms with Gasteiger partial charge in [0.05, 0.1) is 0 Å². The minimum Gasteiger partial charge on any atom is -0.319 e. The first-order chi connectivity index (χ1) is 8.29. The SMILES string of the molecule is CCC(=O)c1ccc(NN2CCCCC2)cc1. The minimum atomic E-state index is 0.203. The third-order valence-corrected chi connectivity index (χ3v) is 3.17. The number of nitrogens with one attached hydrogen (secondary N) is 1. The Morgan fingerprint density at radius 3 is 2.41 bits per heavy atom. The monoisotopic (exact) mass is 232 g/mol. The first-order valence-corrected chi connectivity index (χ1v) is 6.44. The Kier molecular flexibility index (Phi) is 4.15. The summed E-state index contributed by atoms with van der Waals surface area (Å²) >= 11 is 0. The molecule has 1 fully saturated rings. The minimum absolute atomic E-state index is 0.203. The molecule has 2 rings (SSSR count). The highest BCUT2D eigenvalue weighted by molar-refractivity contribution is 5.96. The first-order valence-electron chi connectivity index (χ1n) is 6.44. The highest BCUT2D eigenvalue weighted by atomic mass is 16.1. The maximum Gasteiger partial charge on any atom is 0.162 e. The molecule has 0 aliphatic carbocycles. The van der Waals surface area contributed by atoms with E-state index in [9.17, 15) is 4.79 Å². The predicted molar refractivity (Wildman–Crippen MR) is 70.1 cm³/mol. The normalized spacial score (nSPS) is 16.8. The topological polar surface area (TPSA) is 32.3 Å². The lowest BCUT2D eigenvalue weighted by Gasteiger charge is -2.27. The molecule has 1 aliphatic rings. The predicted octanol–water partition coefficient (Wildman–Crippen LogP) is 3.09. The summed E-state index contributed by atoms with van der Waals surface area (Å²) < 4.78 is 0. The summed E-state index contributed by atoms with van der Waals surface area (Å²) in [7, 11) is 0. The van der Waals surface area contributed by atoms with E-state index in [0.29, 0.717) is 6.42 Å². The van der Waals surface area contributed by atoms with Crippen molar-refractivity contribution in [1.29, 1.82) is 0 Å². The molecule has 0 amide bonds. The summed E-state index contributed by atoms with van der Waals surface area (Å²) in [6.07, 6.45) is 4.43. The smallest absolute Gasteiger partial charge is 0.162 e. The van der Waals surface area contributed by atoms with Crippen molar-refractivity contribution in [2.75, 3.05) is 18.5 Å². The number of hydrazine groups is 1. The van der Waals surface area contributed by atoms with E-state index in [-0.39, 0.29) is 5.78 Å². The molecule has 17 heavy (non-hydrogen) atoms. The fraction of sp³-hybridized carbons (Fsp3) is 0.500. The second-order valence-electron chi connectivity index (χ2n) is 4.51. The zero-order chi connectivity index (χ0) is 12.1. The van der Waals surface area contributed by atoms with Crippen LogP contribution in [0.3, 0.4) is 0 Å². The van der Waals surface area contributed by atoms with Gasteiger partial charge in [0.1, 0.15) is 0 Å². The van der Waals surface area contributed by atoms with Crippen LogP contribution in [0.1, 0.15) is 43.0 Å². The van der Waals surface area contributed by atoms with Crippen LogP contribution in [0, 0.1) is 0 Å². The molecular weight excluding hydrogens is 212 g/mol. The number of nitrogens with zero attached hydrogens (tertiary/aromatic N) is 1. The van der Waals surface area contributed by atoms with Crippen LogP contribution in [0.15, 0.2) is 24.3 Å². The van der Waals surface area contributed by atoms with Crippen LogP contribution in [-0.2, 0) is 0 Å². The Labute approximate surface area is 103 Å². The number of benzene rings is 1. The molecular formula is C14H20N2O. The number of rotatable bonds is 4. The Bertz CT molecular complexity index is 366. The van der Waals surface area contributed by atoms with Gasteiger partial charge in [0, 0.05) is 30.8 Å². The third kappa shape index (κ3) is 3.30. The van der Waals surface area contributed by atoms with Gasteiger partial charge in [-0.1, -0.05) is 13.3 Å². The van der Waals surface area contributed by atoms with Crippen LogP contribution < -0.4 is 5.43 Å². The Balaban J connectivity index is 1.95. The van der Waals surface area contributed by atoms with Crippen molar-refractivity contribution < 1.29 is 4.79 Å². The lowest BCUT2D eigenvalue weighted by atomic mass is 10.1. The maximum atomic E-state index is 11.5. The van der Waals surface area contributed by atoms with Gasteiger partial charge in [-0.2, -0.15) is 0 Å². The zero-order valence-electron chi connectivity index (χ0n) is 10.4. The highest BCUT2D eigenvalue weighted by Crippen LogP contribution is 2.14. The average Bonchev–Trinajstić information content (AvgIpc) is 2.40. The molecule has 1 aromatic rings. The fourth-order valence-electron chi connectivity index (χ4n) is 2.12. The van der Waals surface area contributed by atoms with Gasteiger partial charge in [0.2, 0.25) is 0 Å². The number of carbonyl (C=O) groups is 1. The number of carbonyl (C=O) groups excluding carboxylic acids is 1. The lowest BCUT2D eigenvalue weighted by Crippen LogP contribution is -2.34. The van der Waals surface area contributed by atoms with Crippen molar-refractivity contribution >= 4 is 11.5 Å². The van der Waals surface area contributed by atoms with Crippen molar-refractivity contribution in [1.82, 2.24) is 5.01 Å². The number of hydrogen-bond acceptors (Lipinski definition) is 3. The van der Waals surface area contributed by atoms with Crippen molar-refractivity contribution in [3.05, 3.63) is 29.8 Å². The van der Waals surface area contributed by atoms with Crippen LogP contribution in [0.4, 0.5) is 5.69 Å². The molecule has 1 N–H and O–H groups in total. The fourth-order valence-corrected chi connectivity index (χ4v) is 2.12. The summed E-state index contributed by atoms with van der Waals surface area (Å²) in [4.78, 5) is 11.5. The summed E-state index contributed by atoms with van der Waals surface area (Å²) in [5.41, 5.74) is 5.26. The zero-order valence-corrected chi connectivity index (χ0v) is 10.4. The largest absolute Gasteiger partial charge is 0.319 e. The van der Waals surface area contributed by atoms with E-state index < -0.39 is 0 Å². The molecule has 1 saturated heterocycles. The van der Waals surface area contributed by atoms with Gasteiger partial charge < -0.3 is 5.43 Å². The van der Waals surface area contributed by atoms with Crippen LogP contribution in [0.5, 0.6) is 0 Å². The van der Waals surface area contributed by atoms with E-state index in [1.807, 2.05) is 31.2 Å².